The Morgan fingerprint density at radius 3 is 2.56 bits per heavy atom. The molecule has 3 aromatic heterocycles. The Labute approximate surface area is 146 Å². The summed E-state index contributed by atoms with van der Waals surface area (Å²) in [5, 5.41) is 0. The van der Waals surface area contributed by atoms with E-state index in [4.69, 9.17) is 0 Å². The summed E-state index contributed by atoms with van der Waals surface area (Å²) in [6.07, 6.45) is 6.74. The zero-order valence-corrected chi connectivity index (χ0v) is 14.3. The second-order valence-corrected chi connectivity index (χ2v) is 6.39. The maximum atomic E-state index is 11.9. The first-order valence-electron chi connectivity index (χ1n) is 8.29. The molecule has 0 amide bonds. The van der Waals surface area contributed by atoms with E-state index in [1.807, 2.05) is 43.6 Å². The molecule has 0 fully saturated rings. The lowest BCUT2D eigenvalue weighted by Crippen LogP contribution is -2.18. The number of fused-ring (bicyclic) bond motifs is 1. The minimum Gasteiger partial charge on any atom is -0.318 e. The second kappa shape index (κ2) is 6.06. The highest BCUT2D eigenvalue weighted by molar-refractivity contribution is 5.64. The average Bonchev–Trinajstić information content (AvgIpc) is 3.02. The fourth-order valence-electron chi connectivity index (χ4n) is 3.17. The summed E-state index contributed by atoms with van der Waals surface area (Å²) in [6.45, 7) is 1.85. The van der Waals surface area contributed by atoms with E-state index in [1.165, 1.54) is 5.56 Å². The first kappa shape index (κ1) is 15.4. The van der Waals surface area contributed by atoms with Crippen molar-refractivity contribution >= 4 is 5.65 Å². The van der Waals surface area contributed by atoms with E-state index in [0.717, 1.165) is 34.5 Å². The van der Waals surface area contributed by atoms with Gasteiger partial charge in [0.15, 0.2) is 0 Å². The van der Waals surface area contributed by atoms with Crippen LogP contribution in [-0.2, 0) is 13.5 Å². The van der Waals surface area contributed by atoms with Crippen molar-refractivity contribution in [3.63, 3.8) is 0 Å². The summed E-state index contributed by atoms with van der Waals surface area (Å²) >= 11 is 0. The Kier molecular flexibility index (Phi) is 3.73. The van der Waals surface area contributed by atoms with Gasteiger partial charge in [-0.1, -0.05) is 30.3 Å². The third kappa shape index (κ3) is 2.87. The molecule has 0 aliphatic heterocycles. The molecule has 0 spiro atoms. The van der Waals surface area contributed by atoms with Crippen LogP contribution in [0, 0.1) is 6.92 Å². The molecule has 4 rings (SSSR count). The molecule has 0 bridgehead atoms. The fraction of sp³-hybridized carbons (Fsp3) is 0.143. The summed E-state index contributed by atoms with van der Waals surface area (Å²) in [5.74, 6) is 0. The monoisotopic (exact) mass is 329 g/mol. The van der Waals surface area contributed by atoms with Crippen molar-refractivity contribution in [1.82, 2.24) is 14.0 Å². The number of rotatable bonds is 3. The standard InChI is InChI=1S/C21H19N3O/c1-15-10-18(13-23(2)21(15)25)17-8-9-20-22-12-19(24(20)14-17)11-16-6-4-3-5-7-16/h3-10,12-14H,11H2,1-2H3. The highest BCUT2D eigenvalue weighted by Gasteiger charge is 2.08. The van der Waals surface area contributed by atoms with Crippen molar-refractivity contribution in [2.24, 2.45) is 7.05 Å². The molecule has 0 unspecified atom stereocenters. The first-order chi connectivity index (χ1) is 12.1. The minimum absolute atomic E-state index is 0.0391. The van der Waals surface area contributed by atoms with Crippen LogP contribution in [0.3, 0.4) is 0 Å². The molecule has 0 aliphatic carbocycles. The number of aryl methyl sites for hydroxylation is 2. The first-order valence-corrected chi connectivity index (χ1v) is 8.29. The van der Waals surface area contributed by atoms with E-state index in [0.29, 0.717) is 0 Å². The lowest BCUT2D eigenvalue weighted by molar-refractivity contribution is 0.850. The highest BCUT2D eigenvalue weighted by atomic mass is 16.1. The Bertz CT molecular complexity index is 1080. The van der Waals surface area contributed by atoms with Gasteiger partial charge in [-0.2, -0.15) is 0 Å². The van der Waals surface area contributed by atoms with Gasteiger partial charge < -0.3 is 8.97 Å². The van der Waals surface area contributed by atoms with Crippen molar-refractivity contribution in [3.05, 3.63) is 94.3 Å². The molecule has 3 heterocycles. The molecule has 0 saturated heterocycles. The molecule has 25 heavy (non-hydrogen) atoms. The van der Waals surface area contributed by atoms with Gasteiger partial charge in [-0.05, 0) is 41.8 Å². The molecule has 0 atom stereocenters. The number of hydrogen-bond acceptors (Lipinski definition) is 2. The Hall–Kier alpha value is -3.14. The van der Waals surface area contributed by atoms with Gasteiger partial charge in [0.05, 0.1) is 0 Å². The molecule has 1 aromatic carbocycles. The molecule has 0 saturated carbocycles. The van der Waals surface area contributed by atoms with Crippen molar-refractivity contribution in [2.45, 2.75) is 13.3 Å². The lowest BCUT2D eigenvalue weighted by Gasteiger charge is -2.08. The van der Waals surface area contributed by atoms with Gasteiger partial charge in [0.2, 0.25) is 0 Å². The molecule has 4 nitrogen and oxygen atoms in total. The van der Waals surface area contributed by atoms with Crippen LogP contribution in [0.5, 0.6) is 0 Å². The number of nitrogens with zero attached hydrogens (tertiary/aromatic N) is 3. The Morgan fingerprint density at radius 1 is 1.00 bits per heavy atom. The van der Waals surface area contributed by atoms with Crippen LogP contribution in [-0.4, -0.2) is 14.0 Å². The minimum atomic E-state index is 0.0391. The van der Waals surface area contributed by atoms with Gasteiger partial charge in [0.1, 0.15) is 5.65 Å². The highest BCUT2D eigenvalue weighted by Crippen LogP contribution is 2.21. The van der Waals surface area contributed by atoms with Gasteiger partial charge >= 0.3 is 0 Å². The summed E-state index contributed by atoms with van der Waals surface area (Å²) < 4.78 is 3.76. The molecule has 4 heteroatoms. The topological polar surface area (TPSA) is 39.3 Å². The molecule has 0 N–H and O–H groups in total. The second-order valence-electron chi connectivity index (χ2n) is 6.39. The van der Waals surface area contributed by atoms with Gasteiger partial charge in [0, 0.05) is 43.3 Å². The lowest BCUT2D eigenvalue weighted by atomic mass is 10.1. The molecule has 0 radical (unpaired) electrons. The molecule has 0 aliphatic rings. The van der Waals surface area contributed by atoms with Crippen LogP contribution in [0.1, 0.15) is 16.8 Å². The van der Waals surface area contributed by atoms with Crippen LogP contribution in [0.4, 0.5) is 0 Å². The van der Waals surface area contributed by atoms with E-state index >= 15 is 0 Å². The SMILES string of the molecule is Cc1cc(-c2ccc3ncc(Cc4ccccc4)n3c2)cn(C)c1=O. The summed E-state index contributed by atoms with van der Waals surface area (Å²) in [7, 11) is 1.79. The van der Waals surface area contributed by atoms with E-state index in [1.54, 1.807) is 11.6 Å². The van der Waals surface area contributed by atoms with Crippen molar-refractivity contribution in [3.8, 4) is 11.1 Å². The normalized spacial score (nSPS) is 11.1. The van der Waals surface area contributed by atoms with Crippen molar-refractivity contribution < 1.29 is 0 Å². The van der Waals surface area contributed by atoms with Crippen LogP contribution in [0.25, 0.3) is 16.8 Å². The fourth-order valence-corrected chi connectivity index (χ4v) is 3.17. The number of pyridine rings is 2. The van der Waals surface area contributed by atoms with Crippen LogP contribution >= 0.6 is 0 Å². The van der Waals surface area contributed by atoms with E-state index in [9.17, 15) is 4.79 Å². The predicted octanol–water partition coefficient (Wildman–Crippen LogP) is 3.60. The summed E-state index contributed by atoms with van der Waals surface area (Å²) in [6, 6.07) is 16.4. The van der Waals surface area contributed by atoms with Crippen molar-refractivity contribution in [2.75, 3.05) is 0 Å². The average molecular weight is 329 g/mol. The number of aromatic nitrogens is 3. The zero-order chi connectivity index (χ0) is 17.4. The summed E-state index contributed by atoms with van der Waals surface area (Å²) in [5.41, 5.74) is 6.21. The number of benzene rings is 1. The van der Waals surface area contributed by atoms with Gasteiger partial charge in [-0.15, -0.1) is 0 Å². The van der Waals surface area contributed by atoms with Crippen LogP contribution in [0.15, 0.2) is 71.9 Å². The maximum Gasteiger partial charge on any atom is 0.253 e. The van der Waals surface area contributed by atoms with Gasteiger partial charge in [0.25, 0.3) is 5.56 Å². The number of hydrogen-bond donors (Lipinski definition) is 0. The third-order valence-electron chi connectivity index (χ3n) is 4.51. The maximum absolute atomic E-state index is 11.9. The molecular formula is C21H19N3O. The van der Waals surface area contributed by atoms with E-state index < -0.39 is 0 Å². The Morgan fingerprint density at radius 2 is 1.80 bits per heavy atom. The van der Waals surface area contributed by atoms with Gasteiger partial charge in [-0.3, -0.25) is 4.79 Å². The number of imidazole rings is 1. The van der Waals surface area contributed by atoms with E-state index in [-0.39, 0.29) is 5.56 Å². The van der Waals surface area contributed by atoms with Crippen LogP contribution in [0.2, 0.25) is 0 Å². The predicted molar refractivity (Wildman–Crippen MR) is 99.9 cm³/mol. The Balaban J connectivity index is 1.80. The largest absolute Gasteiger partial charge is 0.318 e. The molecule has 124 valence electrons. The van der Waals surface area contributed by atoms with Crippen LogP contribution < -0.4 is 5.56 Å². The summed E-state index contributed by atoms with van der Waals surface area (Å²) in [4.78, 5) is 16.4. The van der Waals surface area contributed by atoms with Crippen molar-refractivity contribution in [1.29, 1.82) is 0 Å². The molecular weight excluding hydrogens is 310 g/mol. The third-order valence-corrected chi connectivity index (χ3v) is 4.51. The molecule has 4 aromatic rings. The van der Waals surface area contributed by atoms with E-state index in [2.05, 4.69) is 39.8 Å². The van der Waals surface area contributed by atoms with Gasteiger partial charge in [-0.25, -0.2) is 4.98 Å². The zero-order valence-electron chi connectivity index (χ0n) is 14.3. The quantitative estimate of drug-likeness (QED) is 0.576. The smallest absolute Gasteiger partial charge is 0.253 e.